The normalized spacial score (nSPS) is 20.1. The van der Waals surface area contributed by atoms with E-state index >= 15 is 0 Å². The van der Waals surface area contributed by atoms with Gasteiger partial charge in [-0.1, -0.05) is 61.5 Å². The molecule has 0 spiro atoms. The Kier molecular flexibility index (Phi) is 7.60. The molecule has 3 heterocycles. The number of fused-ring (bicyclic) bond motifs is 3. The Labute approximate surface area is 249 Å². The molecule has 2 aliphatic heterocycles. The number of carbonyl (C=O) groups excluding carboxylic acids is 3. The number of carbonyl (C=O) groups is 3. The zero-order valence-electron chi connectivity index (χ0n) is 23.8. The quantitative estimate of drug-likeness (QED) is 0.201. The average Bonchev–Trinajstić information content (AvgIpc) is 3.54. The summed E-state index contributed by atoms with van der Waals surface area (Å²) in [5.41, 5.74) is 3.43. The van der Waals surface area contributed by atoms with E-state index in [1.165, 1.54) is 0 Å². The van der Waals surface area contributed by atoms with Gasteiger partial charge in [-0.15, -0.1) is 0 Å². The SMILES string of the molecule is C[C@@H](/C=C/CC(=O)N1Cc2ccccc2C[C@H]1CO)[C@]1(O)C(=O)Nc2ccc(NC(=O)Cc3c[nH]c4ccccc34)cc21. The number of hydrogen-bond acceptors (Lipinski definition) is 5. The Hall–Kier alpha value is -4.73. The second kappa shape index (κ2) is 11.5. The summed E-state index contributed by atoms with van der Waals surface area (Å²) < 4.78 is 0. The molecule has 3 atom stereocenters. The molecule has 2 aliphatic rings. The van der Waals surface area contributed by atoms with Crippen LogP contribution in [-0.4, -0.2) is 50.5 Å². The van der Waals surface area contributed by atoms with E-state index in [1.54, 1.807) is 42.2 Å². The van der Waals surface area contributed by atoms with E-state index in [2.05, 4.69) is 15.6 Å². The lowest BCUT2D eigenvalue weighted by molar-refractivity contribution is -0.137. The van der Waals surface area contributed by atoms with Gasteiger partial charge in [-0.3, -0.25) is 14.4 Å². The lowest BCUT2D eigenvalue weighted by Gasteiger charge is -2.36. The molecule has 0 aliphatic carbocycles. The highest BCUT2D eigenvalue weighted by atomic mass is 16.3. The standard InChI is InChI=1S/C34H34N4O5/c1-21(7-6-12-32(41)38-19-23-9-3-2-8-22(23)15-26(38)20-39)34(43)28-17-25(13-14-30(28)37-33(34)42)36-31(40)16-24-18-35-29-11-5-4-10-27(24)29/h2-11,13-14,17-18,21,26,35,39,43H,12,15-16,19-20H2,1H3,(H,36,40)(H,37,42)/b7-6+/t21-,26-,34+/m0/s1. The van der Waals surface area contributed by atoms with Crippen LogP contribution in [0.4, 0.5) is 11.4 Å². The van der Waals surface area contributed by atoms with E-state index in [1.807, 2.05) is 54.7 Å². The number of aromatic amines is 1. The highest BCUT2D eigenvalue weighted by Crippen LogP contribution is 2.43. The summed E-state index contributed by atoms with van der Waals surface area (Å²) in [6.07, 6.45) is 5.97. The maximum Gasteiger partial charge on any atom is 0.261 e. The molecule has 43 heavy (non-hydrogen) atoms. The van der Waals surface area contributed by atoms with Crippen molar-refractivity contribution in [3.63, 3.8) is 0 Å². The molecular weight excluding hydrogens is 544 g/mol. The molecule has 0 saturated heterocycles. The fourth-order valence-corrected chi connectivity index (χ4v) is 6.17. The minimum absolute atomic E-state index is 0.0670. The molecule has 5 N–H and O–H groups in total. The van der Waals surface area contributed by atoms with Gasteiger partial charge in [0.05, 0.1) is 19.1 Å². The number of aromatic nitrogens is 1. The molecule has 3 aromatic carbocycles. The molecule has 0 bridgehead atoms. The zero-order chi connectivity index (χ0) is 30.1. The molecule has 3 amide bonds. The molecule has 220 valence electrons. The van der Waals surface area contributed by atoms with Crippen molar-refractivity contribution in [3.05, 3.63) is 107 Å². The number of benzene rings is 3. The topological polar surface area (TPSA) is 135 Å². The molecule has 0 fully saturated rings. The van der Waals surface area contributed by atoms with Crippen molar-refractivity contribution in [3.8, 4) is 0 Å². The predicted molar refractivity (Wildman–Crippen MR) is 164 cm³/mol. The van der Waals surface area contributed by atoms with Gasteiger partial charge in [0.25, 0.3) is 5.91 Å². The molecule has 1 aromatic heterocycles. The van der Waals surface area contributed by atoms with E-state index in [0.29, 0.717) is 29.9 Å². The molecule has 0 radical (unpaired) electrons. The fraction of sp³-hybridized carbons (Fsp3) is 0.265. The van der Waals surface area contributed by atoms with Crippen LogP contribution in [0.2, 0.25) is 0 Å². The summed E-state index contributed by atoms with van der Waals surface area (Å²) in [6.45, 7) is 2.02. The molecule has 9 heteroatoms. The first-order chi connectivity index (χ1) is 20.8. The smallest absolute Gasteiger partial charge is 0.261 e. The van der Waals surface area contributed by atoms with Crippen molar-refractivity contribution < 1.29 is 24.6 Å². The fourth-order valence-electron chi connectivity index (χ4n) is 6.17. The van der Waals surface area contributed by atoms with Crippen LogP contribution < -0.4 is 10.6 Å². The van der Waals surface area contributed by atoms with E-state index in [0.717, 1.165) is 27.6 Å². The molecule has 0 unspecified atom stereocenters. The number of nitrogens with zero attached hydrogens (tertiary/aromatic N) is 1. The lowest BCUT2D eigenvalue weighted by Crippen LogP contribution is -2.46. The Morgan fingerprint density at radius 1 is 1.12 bits per heavy atom. The number of aliphatic hydroxyl groups excluding tert-OH is 1. The summed E-state index contributed by atoms with van der Waals surface area (Å²) in [5, 5.41) is 28.2. The van der Waals surface area contributed by atoms with Crippen molar-refractivity contribution in [2.24, 2.45) is 5.92 Å². The van der Waals surface area contributed by atoms with Gasteiger partial charge in [0.2, 0.25) is 11.8 Å². The Morgan fingerprint density at radius 3 is 2.70 bits per heavy atom. The number of nitrogens with one attached hydrogen (secondary N) is 3. The summed E-state index contributed by atoms with van der Waals surface area (Å²) in [6, 6.07) is 20.3. The van der Waals surface area contributed by atoms with Gasteiger partial charge >= 0.3 is 0 Å². The Balaban J connectivity index is 1.13. The first-order valence-electron chi connectivity index (χ1n) is 14.4. The summed E-state index contributed by atoms with van der Waals surface area (Å²) in [5.74, 6) is -1.60. The molecule has 0 saturated carbocycles. The van der Waals surface area contributed by atoms with Crippen LogP contribution in [0.5, 0.6) is 0 Å². The van der Waals surface area contributed by atoms with Gasteiger partial charge in [0, 0.05) is 52.9 Å². The van der Waals surface area contributed by atoms with Crippen LogP contribution in [0.15, 0.2) is 85.1 Å². The van der Waals surface area contributed by atoms with Gasteiger partial charge in [-0.05, 0) is 47.4 Å². The van der Waals surface area contributed by atoms with Crippen LogP contribution in [0.25, 0.3) is 10.9 Å². The predicted octanol–water partition coefficient (Wildman–Crippen LogP) is 4.02. The summed E-state index contributed by atoms with van der Waals surface area (Å²) >= 11 is 0. The average molecular weight is 579 g/mol. The number of amides is 3. The number of hydrogen-bond donors (Lipinski definition) is 5. The third-order valence-electron chi connectivity index (χ3n) is 8.60. The first-order valence-corrected chi connectivity index (χ1v) is 14.4. The number of para-hydroxylation sites is 1. The molecule has 4 aromatic rings. The maximum atomic E-state index is 13.1. The van der Waals surface area contributed by atoms with Gasteiger partial charge in [0.15, 0.2) is 5.60 Å². The van der Waals surface area contributed by atoms with Gasteiger partial charge in [-0.2, -0.15) is 0 Å². The van der Waals surface area contributed by atoms with Crippen LogP contribution in [0, 0.1) is 5.92 Å². The number of anilines is 2. The summed E-state index contributed by atoms with van der Waals surface area (Å²) in [7, 11) is 0. The first kappa shape index (κ1) is 28.4. The van der Waals surface area contributed by atoms with Crippen LogP contribution >= 0.6 is 0 Å². The van der Waals surface area contributed by atoms with Crippen LogP contribution in [-0.2, 0) is 39.4 Å². The lowest BCUT2D eigenvalue weighted by atomic mass is 9.82. The van der Waals surface area contributed by atoms with E-state index < -0.39 is 17.4 Å². The number of rotatable bonds is 8. The minimum Gasteiger partial charge on any atom is -0.394 e. The molecule has 6 rings (SSSR count). The van der Waals surface area contributed by atoms with E-state index in [9.17, 15) is 24.6 Å². The van der Waals surface area contributed by atoms with E-state index in [-0.39, 0.29) is 37.3 Å². The monoisotopic (exact) mass is 578 g/mol. The van der Waals surface area contributed by atoms with Crippen LogP contribution in [0.3, 0.4) is 0 Å². The van der Waals surface area contributed by atoms with Crippen molar-refractivity contribution in [2.75, 3.05) is 17.2 Å². The van der Waals surface area contributed by atoms with Crippen molar-refractivity contribution in [2.45, 2.75) is 44.4 Å². The van der Waals surface area contributed by atoms with Crippen molar-refractivity contribution >= 4 is 40.0 Å². The summed E-state index contributed by atoms with van der Waals surface area (Å²) in [4.78, 5) is 43.9. The number of aliphatic hydroxyl groups is 2. The molecule has 9 nitrogen and oxygen atoms in total. The second-order valence-corrected chi connectivity index (χ2v) is 11.3. The van der Waals surface area contributed by atoms with E-state index in [4.69, 9.17) is 0 Å². The second-order valence-electron chi connectivity index (χ2n) is 11.3. The Bertz CT molecular complexity index is 1740. The van der Waals surface area contributed by atoms with Gasteiger partial charge < -0.3 is 30.7 Å². The maximum absolute atomic E-state index is 13.1. The number of H-pyrrole nitrogens is 1. The minimum atomic E-state index is -1.88. The third-order valence-corrected chi connectivity index (χ3v) is 8.60. The molecular formula is C34H34N4O5. The zero-order valence-corrected chi connectivity index (χ0v) is 23.8. The highest BCUT2D eigenvalue weighted by Gasteiger charge is 2.48. The van der Waals surface area contributed by atoms with Gasteiger partial charge in [-0.25, -0.2) is 0 Å². The van der Waals surface area contributed by atoms with Crippen molar-refractivity contribution in [1.82, 2.24) is 9.88 Å². The third kappa shape index (κ3) is 5.33. The highest BCUT2D eigenvalue weighted by molar-refractivity contribution is 6.06. The van der Waals surface area contributed by atoms with Crippen molar-refractivity contribution in [1.29, 1.82) is 0 Å². The van der Waals surface area contributed by atoms with Gasteiger partial charge in [0.1, 0.15) is 0 Å². The Morgan fingerprint density at radius 2 is 1.88 bits per heavy atom. The largest absolute Gasteiger partial charge is 0.394 e. The van der Waals surface area contributed by atoms with Crippen LogP contribution in [0.1, 0.15) is 35.6 Å².